The van der Waals surface area contributed by atoms with E-state index in [1.807, 2.05) is 21.1 Å². The van der Waals surface area contributed by atoms with Crippen molar-refractivity contribution in [2.24, 2.45) is 0 Å². The van der Waals surface area contributed by atoms with E-state index in [4.69, 9.17) is 18.9 Å². The maximum absolute atomic E-state index is 12.9. The van der Waals surface area contributed by atoms with Gasteiger partial charge in [0.05, 0.1) is 40.3 Å². The molecule has 0 heterocycles. The van der Waals surface area contributed by atoms with Crippen LogP contribution in [0, 0.1) is 0 Å². The molecule has 2 atom stereocenters. The number of rotatable bonds is 58. The summed E-state index contributed by atoms with van der Waals surface area (Å²) in [4.78, 5) is 37.2. The normalized spacial score (nSPS) is 13.3. The van der Waals surface area contributed by atoms with E-state index in [-0.39, 0.29) is 38.6 Å². The average Bonchev–Trinajstić information content (AvgIpc) is 3.40. The van der Waals surface area contributed by atoms with Crippen LogP contribution in [0.1, 0.15) is 271 Å². The van der Waals surface area contributed by atoms with Gasteiger partial charge in [0.2, 0.25) is 0 Å². The van der Waals surface area contributed by atoms with Crippen LogP contribution < -0.4 is 5.11 Å². The van der Waals surface area contributed by atoms with Gasteiger partial charge in [0.1, 0.15) is 13.2 Å². The van der Waals surface area contributed by atoms with E-state index in [2.05, 4.69) is 98.9 Å². The molecule has 0 spiro atoms. The first-order valence-corrected chi connectivity index (χ1v) is 31.7. The SMILES string of the molecule is CC/C=C\C/C=C\C/C=C\C/C=C\CCCCCCCCCCCCCCCCCCCCCCCCCCCCC(=O)OC(COC(=O)CCCCC/C=C\C/C=C\C/C=C\CC)COC(OCC[N+](C)(C)C)C(=O)[O-]. The number of unbranched alkanes of at least 4 members (excludes halogenated alkanes) is 29. The molecule has 0 saturated heterocycles. The minimum Gasteiger partial charge on any atom is -0.545 e. The average molecular weight is 1080 g/mol. The van der Waals surface area contributed by atoms with Crippen LogP contribution in [0.25, 0.3) is 0 Å². The van der Waals surface area contributed by atoms with Crippen LogP contribution >= 0.6 is 0 Å². The van der Waals surface area contributed by atoms with E-state index < -0.39 is 24.3 Å². The molecule has 0 aliphatic rings. The predicted molar refractivity (Wildman–Crippen MR) is 324 cm³/mol. The molecule has 0 aromatic carbocycles. The van der Waals surface area contributed by atoms with E-state index in [0.717, 1.165) is 77.0 Å². The van der Waals surface area contributed by atoms with E-state index in [9.17, 15) is 19.5 Å². The molecule has 77 heavy (non-hydrogen) atoms. The molecule has 0 saturated carbocycles. The number of hydrogen-bond donors (Lipinski definition) is 0. The Morgan fingerprint density at radius 3 is 1.05 bits per heavy atom. The molecule has 9 nitrogen and oxygen atoms in total. The zero-order valence-corrected chi connectivity index (χ0v) is 50.6. The van der Waals surface area contributed by atoms with Gasteiger partial charge < -0.3 is 33.3 Å². The Balaban J connectivity index is 3.95. The number of carboxylic acid groups (broad SMARTS) is 1. The molecule has 0 aliphatic heterocycles. The van der Waals surface area contributed by atoms with E-state index in [0.29, 0.717) is 23.9 Å². The van der Waals surface area contributed by atoms with Crippen molar-refractivity contribution in [3.8, 4) is 0 Å². The second-order valence-corrected chi connectivity index (χ2v) is 22.3. The second-order valence-electron chi connectivity index (χ2n) is 22.3. The largest absolute Gasteiger partial charge is 0.545 e. The number of carbonyl (C=O) groups is 3. The monoisotopic (exact) mass is 1080 g/mol. The van der Waals surface area contributed by atoms with Gasteiger partial charge in [-0.05, 0) is 83.5 Å². The van der Waals surface area contributed by atoms with Gasteiger partial charge in [-0.1, -0.05) is 259 Å². The molecular weight excluding hydrogens is 959 g/mol. The number of hydrogen-bond acceptors (Lipinski definition) is 8. The third-order valence-electron chi connectivity index (χ3n) is 13.6. The first-order valence-electron chi connectivity index (χ1n) is 31.7. The fraction of sp³-hybridized carbons (Fsp3) is 0.750. The minimum atomic E-state index is -1.63. The van der Waals surface area contributed by atoms with Gasteiger partial charge >= 0.3 is 11.9 Å². The van der Waals surface area contributed by atoms with Gasteiger partial charge in [0.25, 0.3) is 0 Å². The van der Waals surface area contributed by atoms with Crippen LogP contribution in [0.5, 0.6) is 0 Å². The van der Waals surface area contributed by atoms with Gasteiger partial charge in [-0.3, -0.25) is 9.59 Å². The Morgan fingerprint density at radius 2 is 0.701 bits per heavy atom. The number of quaternary nitrogens is 1. The fourth-order valence-corrected chi connectivity index (χ4v) is 8.84. The highest BCUT2D eigenvalue weighted by atomic mass is 16.7. The van der Waals surface area contributed by atoms with Gasteiger partial charge in [-0.2, -0.15) is 0 Å². The van der Waals surface area contributed by atoms with Gasteiger partial charge in [0.15, 0.2) is 12.4 Å². The first kappa shape index (κ1) is 73.5. The summed E-state index contributed by atoms with van der Waals surface area (Å²) in [5, 5.41) is 11.8. The summed E-state index contributed by atoms with van der Waals surface area (Å²) in [6, 6.07) is 0. The number of allylic oxidation sites excluding steroid dienone is 14. The lowest BCUT2D eigenvalue weighted by molar-refractivity contribution is -0.870. The van der Waals surface area contributed by atoms with Gasteiger partial charge in [0, 0.05) is 12.8 Å². The maximum atomic E-state index is 12.9. The Bertz CT molecular complexity index is 1540. The molecule has 0 aliphatic carbocycles. The van der Waals surface area contributed by atoms with E-state index >= 15 is 0 Å². The Kier molecular flexibility index (Phi) is 55.9. The van der Waals surface area contributed by atoms with Crippen molar-refractivity contribution in [3.05, 3.63) is 85.1 Å². The van der Waals surface area contributed by atoms with Gasteiger partial charge in [-0.25, -0.2) is 0 Å². The molecule has 0 N–H and O–H groups in total. The third-order valence-corrected chi connectivity index (χ3v) is 13.6. The zero-order chi connectivity index (χ0) is 56.2. The standard InChI is InChI=1S/C68H119NO8/c1-6-8-10-12-14-16-18-20-21-22-23-24-25-26-27-28-29-30-31-32-33-34-35-36-37-38-39-40-41-42-43-44-45-47-49-51-53-55-57-59-66(71)77-64(63-76-68(67(72)73)74-61-60-69(3,4)5)62-75-65(70)58-56-54-52-50-48-46-19-17-15-13-11-9-7-2/h8-11,14-17,20-21,23-24,46,48,64,68H,6-7,12-13,18-19,22,25-45,47,49-63H2,1-5H3/b10-8-,11-9-,16-14-,17-15-,21-20-,24-23-,48-46-. The first-order chi connectivity index (χ1) is 37.6. The molecule has 0 rings (SSSR count). The molecular formula is C68H119NO8. The summed E-state index contributed by atoms with van der Waals surface area (Å²) < 4.78 is 22.6. The molecule has 0 amide bonds. The van der Waals surface area contributed by atoms with Crippen LogP contribution in [-0.2, 0) is 33.3 Å². The highest BCUT2D eigenvalue weighted by Crippen LogP contribution is 2.17. The summed E-state index contributed by atoms with van der Waals surface area (Å²) in [5.74, 6) is -2.32. The molecule has 0 fully saturated rings. The van der Waals surface area contributed by atoms with Crippen molar-refractivity contribution in [2.75, 3.05) is 47.5 Å². The lowest BCUT2D eigenvalue weighted by Gasteiger charge is -2.26. The second kappa shape index (κ2) is 58.6. The van der Waals surface area contributed by atoms with E-state index in [1.54, 1.807) is 0 Å². The summed E-state index contributed by atoms with van der Waals surface area (Å²) in [5.41, 5.74) is 0. The van der Waals surface area contributed by atoms with Crippen LogP contribution in [0.4, 0.5) is 0 Å². The number of esters is 2. The number of aliphatic carboxylic acids is 1. The zero-order valence-electron chi connectivity index (χ0n) is 50.6. The van der Waals surface area contributed by atoms with E-state index in [1.165, 1.54) is 154 Å². The maximum Gasteiger partial charge on any atom is 0.306 e. The minimum absolute atomic E-state index is 0.142. The van der Waals surface area contributed by atoms with Crippen LogP contribution in [0.3, 0.4) is 0 Å². The Morgan fingerprint density at radius 1 is 0.390 bits per heavy atom. The van der Waals surface area contributed by atoms with Crippen LogP contribution in [0.2, 0.25) is 0 Å². The number of carboxylic acids is 1. The quantitative estimate of drug-likeness (QED) is 0.0195. The topological polar surface area (TPSA) is 111 Å². The number of ether oxygens (including phenoxy) is 4. The Labute approximate surface area is 474 Å². The van der Waals surface area contributed by atoms with Crippen molar-refractivity contribution in [2.45, 2.75) is 283 Å². The van der Waals surface area contributed by atoms with Crippen molar-refractivity contribution >= 4 is 17.9 Å². The number of nitrogens with zero attached hydrogens (tertiary/aromatic N) is 1. The molecule has 2 unspecified atom stereocenters. The molecule has 0 aromatic rings. The number of carbonyl (C=O) groups excluding carboxylic acids is 3. The fourth-order valence-electron chi connectivity index (χ4n) is 8.84. The van der Waals surface area contributed by atoms with Gasteiger partial charge in [-0.15, -0.1) is 0 Å². The van der Waals surface area contributed by atoms with Crippen LogP contribution in [-0.4, -0.2) is 82.3 Å². The molecule has 0 aromatic heterocycles. The molecule has 0 bridgehead atoms. The third kappa shape index (κ3) is 60.0. The molecule has 0 radical (unpaired) electrons. The number of likely N-dealkylation sites (N-methyl/N-ethyl adjacent to an activating group) is 1. The molecule has 444 valence electrons. The highest BCUT2D eigenvalue weighted by molar-refractivity contribution is 5.70. The smallest absolute Gasteiger partial charge is 0.306 e. The Hall–Kier alpha value is -3.53. The lowest BCUT2D eigenvalue weighted by atomic mass is 10.0. The van der Waals surface area contributed by atoms with Crippen molar-refractivity contribution in [1.29, 1.82) is 0 Å². The summed E-state index contributed by atoms with van der Waals surface area (Å²) >= 11 is 0. The predicted octanol–water partition coefficient (Wildman–Crippen LogP) is 17.8. The summed E-state index contributed by atoms with van der Waals surface area (Å²) in [6.07, 6.45) is 75.4. The lowest BCUT2D eigenvalue weighted by Crippen LogP contribution is -2.44. The molecule has 9 heteroatoms. The highest BCUT2D eigenvalue weighted by Gasteiger charge is 2.22. The van der Waals surface area contributed by atoms with Crippen molar-refractivity contribution in [3.63, 3.8) is 0 Å². The van der Waals surface area contributed by atoms with Crippen molar-refractivity contribution < 1.29 is 42.9 Å². The van der Waals surface area contributed by atoms with Crippen LogP contribution in [0.15, 0.2) is 85.1 Å². The summed E-state index contributed by atoms with van der Waals surface area (Å²) in [6.45, 7) is 4.50. The van der Waals surface area contributed by atoms with Crippen molar-refractivity contribution in [1.82, 2.24) is 0 Å². The summed E-state index contributed by atoms with van der Waals surface area (Å²) in [7, 11) is 5.91.